The standard InChI is InChI=1S/C13H27NO2/c1-11(2)9-12(3)14-10-13(15-4)5-7-16-8-6-13/h11-12,14H,5-10H2,1-4H3. The largest absolute Gasteiger partial charge is 0.381 e. The summed E-state index contributed by atoms with van der Waals surface area (Å²) in [6.07, 6.45) is 3.23. The first-order valence-electron chi connectivity index (χ1n) is 6.44. The highest BCUT2D eigenvalue weighted by atomic mass is 16.5. The molecule has 1 heterocycles. The molecule has 16 heavy (non-hydrogen) atoms. The Bertz CT molecular complexity index is 188. The zero-order valence-electron chi connectivity index (χ0n) is 11.2. The summed E-state index contributed by atoms with van der Waals surface area (Å²) in [6, 6.07) is 0.565. The van der Waals surface area contributed by atoms with E-state index < -0.39 is 0 Å². The van der Waals surface area contributed by atoms with Crippen molar-refractivity contribution in [3.63, 3.8) is 0 Å². The van der Waals surface area contributed by atoms with Gasteiger partial charge in [-0.1, -0.05) is 13.8 Å². The summed E-state index contributed by atoms with van der Waals surface area (Å²) in [7, 11) is 1.82. The van der Waals surface area contributed by atoms with Gasteiger partial charge in [-0.2, -0.15) is 0 Å². The average Bonchev–Trinajstić information content (AvgIpc) is 2.27. The number of hydrogen-bond donors (Lipinski definition) is 1. The lowest BCUT2D eigenvalue weighted by molar-refractivity contribution is -0.0886. The van der Waals surface area contributed by atoms with Crippen molar-refractivity contribution in [2.24, 2.45) is 5.92 Å². The highest BCUT2D eigenvalue weighted by molar-refractivity contribution is 4.86. The van der Waals surface area contributed by atoms with Crippen LogP contribution in [0.25, 0.3) is 0 Å². The Balaban J connectivity index is 2.32. The van der Waals surface area contributed by atoms with Gasteiger partial charge in [0.2, 0.25) is 0 Å². The number of nitrogens with one attached hydrogen (secondary N) is 1. The Kier molecular flexibility index (Phi) is 5.73. The van der Waals surface area contributed by atoms with E-state index in [1.54, 1.807) is 0 Å². The van der Waals surface area contributed by atoms with Gasteiger partial charge in [-0.25, -0.2) is 0 Å². The van der Waals surface area contributed by atoms with E-state index in [2.05, 4.69) is 26.1 Å². The van der Waals surface area contributed by atoms with Crippen molar-refractivity contribution in [1.29, 1.82) is 0 Å². The highest BCUT2D eigenvalue weighted by Gasteiger charge is 2.32. The lowest BCUT2D eigenvalue weighted by Gasteiger charge is -2.37. The van der Waals surface area contributed by atoms with E-state index in [1.165, 1.54) is 6.42 Å². The van der Waals surface area contributed by atoms with Gasteiger partial charge in [0.25, 0.3) is 0 Å². The van der Waals surface area contributed by atoms with Gasteiger partial charge in [-0.3, -0.25) is 0 Å². The fourth-order valence-electron chi connectivity index (χ4n) is 2.35. The minimum Gasteiger partial charge on any atom is -0.381 e. The Labute approximate surface area is 99.9 Å². The second kappa shape index (κ2) is 6.58. The first kappa shape index (κ1) is 13.9. The zero-order valence-corrected chi connectivity index (χ0v) is 11.2. The Morgan fingerprint density at radius 3 is 2.38 bits per heavy atom. The molecule has 1 atom stereocenters. The summed E-state index contributed by atoms with van der Waals surface area (Å²) >= 11 is 0. The molecule has 0 spiro atoms. The molecule has 1 aliphatic rings. The van der Waals surface area contributed by atoms with Crippen LogP contribution in [0.4, 0.5) is 0 Å². The highest BCUT2D eigenvalue weighted by Crippen LogP contribution is 2.23. The zero-order chi connectivity index (χ0) is 12.0. The summed E-state index contributed by atoms with van der Waals surface area (Å²) in [4.78, 5) is 0. The molecule has 0 radical (unpaired) electrons. The number of ether oxygens (including phenoxy) is 2. The molecule has 1 unspecified atom stereocenters. The Morgan fingerprint density at radius 2 is 1.88 bits per heavy atom. The fourth-order valence-corrected chi connectivity index (χ4v) is 2.35. The van der Waals surface area contributed by atoms with Crippen LogP contribution in [0.5, 0.6) is 0 Å². The van der Waals surface area contributed by atoms with Crippen LogP contribution in [0.3, 0.4) is 0 Å². The van der Waals surface area contributed by atoms with Gasteiger partial charge < -0.3 is 14.8 Å². The van der Waals surface area contributed by atoms with E-state index in [9.17, 15) is 0 Å². The molecule has 0 bridgehead atoms. The van der Waals surface area contributed by atoms with E-state index in [0.29, 0.717) is 6.04 Å². The number of methoxy groups -OCH3 is 1. The van der Waals surface area contributed by atoms with Crippen LogP contribution in [-0.2, 0) is 9.47 Å². The number of hydrogen-bond acceptors (Lipinski definition) is 3. The molecule has 1 N–H and O–H groups in total. The van der Waals surface area contributed by atoms with Crippen molar-refractivity contribution in [3.8, 4) is 0 Å². The molecule has 0 aromatic carbocycles. The molecule has 3 heteroatoms. The van der Waals surface area contributed by atoms with E-state index in [1.807, 2.05) is 7.11 Å². The fraction of sp³-hybridized carbons (Fsp3) is 1.00. The topological polar surface area (TPSA) is 30.5 Å². The van der Waals surface area contributed by atoms with Crippen LogP contribution >= 0.6 is 0 Å². The third kappa shape index (κ3) is 4.40. The van der Waals surface area contributed by atoms with Gasteiger partial charge >= 0.3 is 0 Å². The second-order valence-corrected chi connectivity index (χ2v) is 5.41. The maximum absolute atomic E-state index is 5.69. The van der Waals surface area contributed by atoms with E-state index >= 15 is 0 Å². The quantitative estimate of drug-likeness (QED) is 0.757. The Morgan fingerprint density at radius 1 is 1.25 bits per heavy atom. The molecular weight excluding hydrogens is 202 g/mol. The lowest BCUT2D eigenvalue weighted by atomic mass is 9.93. The summed E-state index contributed by atoms with van der Waals surface area (Å²) in [5.41, 5.74) is 0.00346. The first-order chi connectivity index (χ1) is 7.58. The first-order valence-corrected chi connectivity index (χ1v) is 6.44. The molecule has 96 valence electrons. The van der Waals surface area contributed by atoms with Crippen LogP contribution in [0.2, 0.25) is 0 Å². The molecule has 1 fully saturated rings. The SMILES string of the molecule is COC1(CNC(C)CC(C)C)CCOCC1. The number of rotatable bonds is 6. The molecule has 0 aromatic rings. The third-order valence-electron chi connectivity index (χ3n) is 3.43. The van der Waals surface area contributed by atoms with Gasteiger partial charge in [0, 0.05) is 45.8 Å². The van der Waals surface area contributed by atoms with Gasteiger partial charge in [0.1, 0.15) is 0 Å². The summed E-state index contributed by atoms with van der Waals surface area (Å²) in [5.74, 6) is 0.746. The minimum absolute atomic E-state index is 0.00346. The second-order valence-electron chi connectivity index (χ2n) is 5.41. The lowest BCUT2D eigenvalue weighted by Crippen LogP contribution is -2.48. The summed E-state index contributed by atoms with van der Waals surface area (Å²) in [5, 5.41) is 3.59. The predicted molar refractivity (Wildman–Crippen MR) is 66.7 cm³/mol. The van der Waals surface area contributed by atoms with Gasteiger partial charge in [-0.15, -0.1) is 0 Å². The van der Waals surface area contributed by atoms with Crippen molar-refractivity contribution in [2.45, 2.75) is 51.7 Å². The van der Waals surface area contributed by atoms with Crippen LogP contribution in [0.15, 0.2) is 0 Å². The minimum atomic E-state index is 0.00346. The van der Waals surface area contributed by atoms with Crippen molar-refractivity contribution < 1.29 is 9.47 Å². The van der Waals surface area contributed by atoms with Gasteiger partial charge in [0.15, 0.2) is 0 Å². The predicted octanol–water partition coefficient (Wildman–Crippen LogP) is 2.21. The smallest absolute Gasteiger partial charge is 0.0846 e. The van der Waals surface area contributed by atoms with Crippen molar-refractivity contribution >= 4 is 0 Å². The molecule has 1 aliphatic heterocycles. The van der Waals surface area contributed by atoms with Gasteiger partial charge in [-0.05, 0) is 19.3 Å². The monoisotopic (exact) mass is 229 g/mol. The molecular formula is C13H27NO2. The summed E-state index contributed by atoms with van der Waals surface area (Å²) < 4.78 is 11.1. The van der Waals surface area contributed by atoms with Gasteiger partial charge in [0.05, 0.1) is 5.60 Å². The van der Waals surface area contributed by atoms with Crippen LogP contribution in [-0.4, -0.2) is 38.5 Å². The van der Waals surface area contributed by atoms with Crippen molar-refractivity contribution in [2.75, 3.05) is 26.9 Å². The molecule has 3 nitrogen and oxygen atoms in total. The van der Waals surface area contributed by atoms with E-state index in [4.69, 9.17) is 9.47 Å². The Hall–Kier alpha value is -0.120. The van der Waals surface area contributed by atoms with E-state index in [-0.39, 0.29) is 5.60 Å². The molecule has 0 saturated carbocycles. The third-order valence-corrected chi connectivity index (χ3v) is 3.43. The molecule has 0 amide bonds. The van der Waals surface area contributed by atoms with Crippen LogP contribution < -0.4 is 5.32 Å². The molecule has 0 aromatic heterocycles. The molecule has 0 aliphatic carbocycles. The maximum Gasteiger partial charge on any atom is 0.0846 e. The average molecular weight is 229 g/mol. The molecule has 1 rings (SSSR count). The van der Waals surface area contributed by atoms with E-state index in [0.717, 1.165) is 38.5 Å². The summed E-state index contributed by atoms with van der Waals surface area (Å²) in [6.45, 7) is 9.38. The van der Waals surface area contributed by atoms with Crippen molar-refractivity contribution in [1.82, 2.24) is 5.32 Å². The van der Waals surface area contributed by atoms with Crippen LogP contribution in [0.1, 0.15) is 40.0 Å². The maximum atomic E-state index is 5.69. The molecule has 1 saturated heterocycles. The van der Waals surface area contributed by atoms with Crippen LogP contribution in [0, 0.1) is 5.92 Å². The normalized spacial score (nSPS) is 22.3. The van der Waals surface area contributed by atoms with Crippen molar-refractivity contribution in [3.05, 3.63) is 0 Å².